The minimum Gasteiger partial charge on any atom is -0.382 e. The highest BCUT2D eigenvalue weighted by Crippen LogP contribution is 2.21. The van der Waals surface area contributed by atoms with Crippen molar-refractivity contribution in [3.63, 3.8) is 0 Å². The molecule has 0 amide bonds. The average Bonchev–Trinajstić information content (AvgIpc) is 2.79. The molecular weight excluding hydrogens is 262 g/mol. The molecule has 1 aromatic heterocycles. The minimum atomic E-state index is 0.774. The number of aromatic nitrogens is 2. The average molecular weight is 287 g/mol. The summed E-state index contributed by atoms with van der Waals surface area (Å²) in [5.74, 6) is 0.901. The first-order valence-electron chi connectivity index (χ1n) is 7.56. The SMILES string of the molecule is CCOCCCn1cc(C)nc1Nc1cc(C)ccc1C. The maximum absolute atomic E-state index is 5.40. The summed E-state index contributed by atoms with van der Waals surface area (Å²) in [4.78, 5) is 4.59. The van der Waals surface area contributed by atoms with Crippen LogP contribution in [0.15, 0.2) is 24.4 Å². The molecule has 0 saturated carbocycles. The van der Waals surface area contributed by atoms with E-state index in [2.05, 4.69) is 53.1 Å². The molecular formula is C17H25N3O. The molecule has 4 nitrogen and oxygen atoms in total. The standard InChI is InChI=1S/C17H25N3O/c1-5-21-10-6-9-20-12-15(4)18-17(20)19-16-11-13(2)7-8-14(16)3/h7-8,11-12H,5-6,9-10H2,1-4H3,(H,18,19). The fraction of sp³-hybridized carbons (Fsp3) is 0.471. The van der Waals surface area contributed by atoms with E-state index >= 15 is 0 Å². The summed E-state index contributed by atoms with van der Waals surface area (Å²) < 4.78 is 7.56. The lowest BCUT2D eigenvalue weighted by atomic mass is 10.1. The van der Waals surface area contributed by atoms with Crippen molar-refractivity contribution in [1.82, 2.24) is 9.55 Å². The second-order valence-electron chi connectivity index (χ2n) is 5.39. The van der Waals surface area contributed by atoms with Crippen LogP contribution in [-0.4, -0.2) is 22.8 Å². The van der Waals surface area contributed by atoms with Crippen LogP contribution in [-0.2, 0) is 11.3 Å². The lowest BCUT2D eigenvalue weighted by molar-refractivity contribution is 0.142. The van der Waals surface area contributed by atoms with Gasteiger partial charge in [0, 0.05) is 31.6 Å². The molecule has 1 aromatic carbocycles. The zero-order valence-corrected chi connectivity index (χ0v) is 13.4. The van der Waals surface area contributed by atoms with Crippen LogP contribution in [0.4, 0.5) is 11.6 Å². The third-order valence-electron chi connectivity index (χ3n) is 3.43. The van der Waals surface area contributed by atoms with E-state index in [9.17, 15) is 0 Å². The quantitative estimate of drug-likeness (QED) is 0.783. The molecule has 2 aromatic rings. The van der Waals surface area contributed by atoms with Crippen molar-refractivity contribution in [2.24, 2.45) is 0 Å². The van der Waals surface area contributed by atoms with Gasteiger partial charge in [-0.2, -0.15) is 0 Å². The van der Waals surface area contributed by atoms with Crippen molar-refractivity contribution in [2.75, 3.05) is 18.5 Å². The molecule has 0 unspecified atom stereocenters. The molecule has 0 fully saturated rings. The minimum absolute atomic E-state index is 0.774. The number of nitrogens with one attached hydrogen (secondary N) is 1. The first kappa shape index (κ1) is 15.6. The topological polar surface area (TPSA) is 39.1 Å². The van der Waals surface area contributed by atoms with Crippen LogP contribution < -0.4 is 5.32 Å². The molecule has 2 rings (SSSR count). The molecule has 21 heavy (non-hydrogen) atoms. The molecule has 0 bridgehead atoms. The number of hydrogen-bond acceptors (Lipinski definition) is 3. The molecule has 0 radical (unpaired) electrons. The van der Waals surface area contributed by atoms with E-state index in [1.165, 1.54) is 11.1 Å². The Morgan fingerprint density at radius 1 is 1.24 bits per heavy atom. The van der Waals surface area contributed by atoms with Gasteiger partial charge in [-0.3, -0.25) is 0 Å². The lowest BCUT2D eigenvalue weighted by Gasteiger charge is -2.12. The molecule has 0 spiro atoms. The molecule has 0 saturated heterocycles. The summed E-state index contributed by atoms with van der Waals surface area (Å²) in [5, 5.41) is 3.45. The van der Waals surface area contributed by atoms with Crippen LogP contribution in [0, 0.1) is 20.8 Å². The lowest BCUT2D eigenvalue weighted by Crippen LogP contribution is -2.06. The maximum atomic E-state index is 5.40. The number of nitrogens with zero attached hydrogens (tertiary/aromatic N) is 2. The zero-order chi connectivity index (χ0) is 15.2. The molecule has 1 heterocycles. The molecule has 4 heteroatoms. The summed E-state index contributed by atoms with van der Waals surface area (Å²) in [6, 6.07) is 6.41. The summed E-state index contributed by atoms with van der Waals surface area (Å²) in [6.45, 7) is 10.7. The Hall–Kier alpha value is -1.81. The summed E-state index contributed by atoms with van der Waals surface area (Å²) >= 11 is 0. The predicted molar refractivity (Wildman–Crippen MR) is 87.3 cm³/mol. The van der Waals surface area contributed by atoms with Crippen molar-refractivity contribution in [2.45, 2.75) is 40.7 Å². The smallest absolute Gasteiger partial charge is 0.207 e. The van der Waals surface area contributed by atoms with Crippen molar-refractivity contribution >= 4 is 11.6 Å². The van der Waals surface area contributed by atoms with E-state index in [0.717, 1.165) is 43.5 Å². The Balaban J connectivity index is 2.10. The number of aryl methyl sites for hydroxylation is 4. The zero-order valence-electron chi connectivity index (χ0n) is 13.4. The van der Waals surface area contributed by atoms with Crippen LogP contribution in [0.25, 0.3) is 0 Å². The van der Waals surface area contributed by atoms with Crippen molar-refractivity contribution in [3.8, 4) is 0 Å². The Morgan fingerprint density at radius 2 is 2.05 bits per heavy atom. The first-order valence-corrected chi connectivity index (χ1v) is 7.56. The predicted octanol–water partition coefficient (Wildman–Crippen LogP) is 3.98. The fourth-order valence-corrected chi connectivity index (χ4v) is 2.29. The monoisotopic (exact) mass is 287 g/mol. The van der Waals surface area contributed by atoms with Gasteiger partial charge in [-0.15, -0.1) is 0 Å². The summed E-state index contributed by atoms with van der Waals surface area (Å²) in [6.07, 6.45) is 3.07. The second kappa shape index (κ2) is 7.27. The van der Waals surface area contributed by atoms with Gasteiger partial charge < -0.3 is 14.6 Å². The van der Waals surface area contributed by atoms with Crippen LogP contribution in [0.1, 0.15) is 30.2 Å². The van der Waals surface area contributed by atoms with Crippen LogP contribution in [0.2, 0.25) is 0 Å². The highest BCUT2D eigenvalue weighted by molar-refractivity contribution is 5.59. The number of rotatable bonds is 7. The fourth-order valence-electron chi connectivity index (χ4n) is 2.29. The van der Waals surface area contributed by atoms with Gasteiger partial charge in [0.05, 0.1) is 5.69 Å². The number of benzene rings is 1. The van der Waals surface area contributed by atoms with E-state index in [1.54, 1.807) is 0 Å². The van der Waals surface area contributed by atoms with E-state index in [-0.39, 0.29) is 0 Å². The number of hydrogen-bond donors (Lipinski definition) is 1. The summed E-state index contributed by atoms with van der Waals surface area (Å²) in [5.41, 5.74) is 4.61. The van der Waals surface area contributed by atoms with Crippen LogP contribution >= 0.6 is 0 Å². The second-order valence-corrected chi connectivity index (χ2v) is 5.39. The van der Waals surface area contributed by atoms with Gasteiger partial charge in [-0.1, -0.05) is 12.1 Å². The van der Waals surface area contributed by atoms with E-state index in [1.807, 2.05) is 13.8 Å². The molecule has 114 valence electrons. The molecule has 1 N–H and O–H groups in total. The highest BCUT2D eigenvalue weighted by Gasteiger charge is 2.07. The number of anilines is 2. The largest absolute Gasteiger partial charge is 0.382 e. The Labute approximate surface area is 127 Å². The third-order valence-corrected chi connectivity index (χ3v) is 3.43. The van der Waals surface area contributed by atoms with Crippen LogP contribution in [0.3, 0.4) is 0 Å². The molecule has 0 aliphatic heterocycles. The van der Waals surface area contributed by atoms with Crippen molar-refractivity contribution in [1.29, 1.82) is 0 Å². The Kier molecular flexibility index (Phi) is 5.39. The van der Waals surface area contributed by atoms with Gasteiger partial charge >= 0.3 is 0 Å². The van der Waals surface area contributed by atoms with Crippen molar-refractivity contribution < 1.29 is 4.74 Å². The van der Waals surface area contributed by atoms with E-state index < -0.39 is 0 Å². The normalized spacial score (nSPS) is 10.9. The molecule has 0 aliphatic carbocycles. The maximum Gasteiger partial charge on any atom is 0.207 e. The van der Waals surface area contributed by atoms with Gasteiger partial charge in [0.25, 0.3) is 0 Å². The van der Waals surface area contributed by atoms with E-state index in [4.69, 9.17) is 4.74 Å². The van der Waals surface area contributed by atoms with Gasteiger partial charge in [-0.25, -0.2) is 4.98 Å². The van der Waals surface area contributed by atoms with E-state index in [0.29, 0.717) is 0 Å². The number of ether oxygens (including phenoxy) is 1. The Bertz CT molecular complexity index is 590. The van der Waals surface area contributed by atoms with Gasteiger partial charge in [-0.05, 0) is 51.3 Å². The molecule has 0 atom stereocenters. The Morgan fingerprint density at radius 3 is 2.81 bits per heavy atom. The van der Waals surface area contributed by atoms with Gasteiger partial charge in [0.1, 0.15) is 0 Å². The molecule has 0 aliphatic rings. The summed E-state index contributed by atoms with van der Waals surface area (Å²) in [7, 11) is 0. The van der Waals surface area contributed by atoms with Crippen molar-refractivity contribution in [3.05, 3.63) is 41.2 Å². The third kappa shape index (κ3) is 4.33. The van der Waals surface area contributed by atoms with Gasteiger partial charge in [0.2, 0.25) is 5.95 Å². The van der Waals surface area contributed by atoms with Crippen LogP contribution in [0.5, 0.6) is 0 Å². The number of imidazole rings is 1. The first-order chi connectivity index (χ1) is 10.1. The van der Waals surface area contributed by atoms with Gasteiger partial charge in [0.15, 0.2) is 0 Å². The highest BCUT2D eigenvalue weighted by atomic mass is 16.5.